The van der Waals surface area contributed by atoms with Gasteiger partial charge in [0.2, 0.25) is 0 Å². The molecule has 21 heavy (non-hydrogen) atoms. The smallest absolute Gasteiger partial charge is 0.0329 e. The monoisotopic (exact) mass is 294 g/mol. The van der Waals surface area contributed by atoms with Crippen molar-refractivity contribution >= 4 is 0 Å². The predicted molar refractivity (Wildman–Crippen MR) is 92.8 cm³/mol. The summed E-state index contributed by atoms with van der Waals surface area (Å²) >= 11 is 0. The third kappa shape index (κ3) is 4.01. The SMILES string of the molecule is CCC1(CC)CNC2(CCCCC2)CN1CCC(C)(C)C. The summed E-state index contributed by atoms with van der Waals surface area (Å²) in [7, 11) is 0. The molecule has 0 amide bonds. The summed E-state index contributed by atoms with van der Waals surface area (Å²) in [6, 6.07) is 0. The third-order valence-corrected chi connectivity index (χ3v) is 6.22. The van der Waals surface area contributed by atoms with E-state index < -0.39 is 0 Å². The van der Waals surface area contributed by atoms with Gasteiger partial charge in [-0.1, -0.05) is 53.9 Å². The van der Waals surface area contributed by atoms with Crippen LogP contribution >= 0.6 is 0 Å². The molecule has 2 aliphatic rings. The fourth-order valence-corrected chi connectivity index (χ4v) is 4.35. The Morgan fingerprint density at radius 2 is 1.62 bits per heavy atom. The first kappa shape index (κ1) is 17.3. The second-order valence-corrected chi connectivity index (χ2v) is 8.86. The van der Waals surface area contributed by atoms with Crippen LogP contribution in [0.3, 0.4) is 0 Å². The standard InChI is InChI=1S/C19H38N2/c1-6-19(7-2)15-20-18(11-9-8-10-12-18)16-21(19)14-13-17(3,4)5/h20H,6-16H2,1-5H3. The molecule has 2 fully saturated rings. The first-order chi connectivity index (χ1) is 9.85. The number of hydrogen-bond acceptors (Lipinski definition) is 2. The maximum Gasteiger partial charge on any atom is 0.0329 e. The molecule has 1 aliphatic carbocycles. The van der Waals surface area contributed by atoms with Crippen LogP contribution in [0.2, 0.25) is 0 Å². The normalized spacial score (nSPS) is 26.1. The van der Waals surface area contributed by atoms with Gasteiger partial charge in [0.15, 0.2) is 0 Å². The highest BCUT2D eigenvalue weighted by atomic mass is 15.3. The van der Waals surface area contributed by atoms with E-state index in [0.29, 0.717) is 16.5 Å². The van der Waals surface area contributed by atoms with Crippen LogP contribution in [0.5, 0.6) is 0 Å². The topological polar surface area (TPSA) is 15.3 Å². The Labute approximate surface area is 133 Å². The maximum atomic E-state index is 4.01. The molecule has 1 aliphatic heterocycles. The Hall–Kier alpha value is -0.0800. The minimum Gasteiger partial charge on any atom is -0.308 e. The fraction of sp³-hybridized carbons (Fsp3) is 1.00. The first-order valence-electron chi connectivity index (χ1n) is 9.35. The van der Waals surface area contributed by atoms with Gasteiger partial charge < -0.3 is 5.32 Å². The van der Waals surface area contributed by atoms with E-state index >= 15 is 0 Å². The molecule has 0 bridgehead atoms. The second kappa shape index (κ2) is 6.58. The lowest BCUT2D eigenvalue weighted by molar-refractivity contribution is -0.0195. The van der Waals surface area contributed by atoms with Gasteiger partial charge in [-0.25, -0.2) is 0 Å². The van der Waals surface area contributed by atoms with Gasteiger partial charge in [-0.05, 0) is 44.1 Å². The van der Waals surface area contributed by atoms with E-state index in [1.54, 1.807) is 0 Å². The summed E-state index contributed by atoms with van der Waals surface area (Å²) in [5, 5.41) is 4.01. The number of piperazine rings is 1. The molecule has 1 saturated carbocycles. The summed E-state index contributed by atoms with van der Waals surface area (Å²) in [5.41, 5.74) is 1.27. The molecule has 2 heteroatoms. The molecular weight excluding hydrogens is 256 g/mol. The summed E-state index contributed by atoms with van der Waals surface area (Å²) in [6.07, 6.45) is 10.9. The van der Waals surface area contributed by atoms with Crippen molar-refractivity contribution in [1.29, 1.82) is 0 Å². The molecule has 0 aromatic rings. The Kier molecular flexibility index (Phi) is 5.41. The van der Waals surface area contributed by atoms with Crippen molar-refractivity contribution in [3.63, 3.8) is 0 Å². The van der Waals surface area contributed by atoms with Gasteiger partial charge >= 0.3 is 0 Å². The minimum atomic E-state index is 0.397. The molecule has 0 atom stereocenters. The molecule has 2 nitrogen and oxygen atoms in total. The summed E-state index contributed by atoms with van der Waals surface area (Å²) in [5.74, 6) is 0. The zero-order chi connectivity index (χ0) is 15.6. The average molecular weight is 295 g/mol. The van der Waals surface area contributed by atoms with E-state index in [2.05, 4.69) is 44.8 Å². The predicted octanol–water partition coefficient (Wildman–Crippen LogP) is 4.59. The second-order valence-electron chi connectivity index (χ2n) is 8.86. The summed E-state index contributed by atoms with van der Waals surface area (Å²) in [4.78, 5) is 2.88. The number of hydrogen-bond donors (Lipinski definition) is 1. The van der Waals surface area contributed by atoms with Gasteiger partial charge in [-0.3, -0.25) is 4.90 Å². The van der Waals surface area contributed by atoms with Crippen molar-refractivity contribution in [3.8, 4) is 0 Å². The Balaban J connectivity index is 2.11. The molecular formula is C19H38N2. The van der Waals surface area contributed by atoms with Crippen LogP contribution < -0.4 is 5.32 Å². The minimum absolute atomic E-state index is 0.397. The Bertz CT molecular complexity index is 319. The van der Waals surface area contributed by atoms with Crippen LogP contribution in [0.1, 0.15) is 86.0 Å². The molecule has 1 heterocycles. The van der Waals surface area contributed by atoms with E-state index in [4.69, 9.17) is 0 Å². The maximum absolute atomic E-state index is 4.01. The van der Waals surface area contributed by atoms with Gasteiger partial charge in [-0.15, -0.1) is 0 Å². The molecule has 0 aromatic heterocycles. The molecule has 2 rings (SSSR count). The van der Waals surface area contributed by atoms with Crippen LogP contribution in [-0.4, -0.2) is 35.6 Å². The van der Waals surface area contributed by atoms with Crippen molar-refractivity contribution in [2.45, 2.75) is 97.1 Å². The zero-order valence-corrected chi connectivity index (χ0v) is 15.2. The highest BCUT2D eigenvalue weighted by Crippen LogP contribution is 2.38. The van der Waals surface area contributed by atoms with Crippen LogP contribution in [0.15, 0.2) is 0 Å². The van der Waals surface area contributed by atoms with Gasteiger partial charge in [0, 0.05) is 24.2 Å². The Morgan fingerprint density at radius 1 is 1.00 bits per heavy atom. The lowest BCUT2D eigenvalue weighted by Gasteiger charge is -2.56. The number of nitrogens with one attached hydrogen (secondary N) is 1. The molecule has 1 spiro atoms. The van der Waals surface area contributed by atoms with Crippen molar-refractivity contribution in [2.75, 3.05) is 19.6 Å². The summed E-state index contributed by atoms with van der Waals surface area (Å²) in [6.45, 7) is 15.7. The largest absolute Gasteiger partial charge is 0.308 e. The molecule has 1 N–H and O–H groups in total. The van der Waals surface area contributed by atoms with Crippen molar-refractivity contribution in [1.82, 2.24) is 10.2 Å². The highest BCUT2D eigenvalue weighted by molar-refractivity contribution is 5.05. The van der Waals surface area contributed by atoms with E-state index in [1.807, 2.05) is 0 Å². The van der Waals surface area contributed by atoms with Crippen molar-refractivity contribution in [3.05, 3.63) is 0 Å². The molecule has 0 unspecified atom stereocenters. The van der Waals surface area contributed by atoms with E-state index in [1.165, 1.54) is 71.0 Å². The number of rotatable bonds is 4. The van der Waals surface area contributed by atoms with Crippen LogP contribution in [0.4, 0.5) is 0 Å². The molecule has 124 valence electrons. The number of nitrogens with zero attached hydrogens (tertiary/aromatic N) is 1. The quantitative estimate of drug-likeness (QED) is 0.816. The molecule has 0 radical (unpaired) electrons. The summed E-state index contributed by atoms with van der Waals surface area (Å²) < 4.78 is 0. The molecule has 0 aromatic carbocycles. The Morgan fingerprint density at radius 3 is 2.14 bits per heavy atom. The fourth-order valence-electron chi connectivity index (χ4n) is 4.35. The highest BCUT2D eigenvalue weighted by Gasteiger charge is 2.45. The lowest BCUT2D eigenvalue weighted by atomic mass is 9.75. The van der Waals surface area contributed by atoms with Crippen LogP contribution in [0, 0.1) is 5.41 Å². The van der Waals surface area contributed by atoms with Crippen LogP contribution in [0.25, 0.3) is 0 Å². The van der Waals surface area contributed by atoms with Gasteiger partial charge in [0.1, 0.15) is 0 Å². The van der Waals surface area contributed by atoms with E-state index in [0.717, 1.165) is 0 Å². The van der Waals surface area contributed by atoms with Gasteiger partial charge in [-0.2, -0.15) is 0 Å². The first-order valence-corrected chi connectivity index (χ1v) is 9.35. The van der Waals surface area contributed by atoms with Gasteiger partial charge in [0.05, 0.1) is 0 Å². The van der Waals surface area contributed by atoms with Crippen molar-refractivity contribution < 1.29 is 0 Å². The van der Waals surface area contributed by atoms with Gasteiger partial charge in [0.25, 0.3) is 0 Å². The molecule has 1 saturated heterocycles. The van der Waals surface area contributed by atoms with E-state index in [9.17, 15) is 0 Å². The van der Waals surface area contributed by atoms with E-state index in [-0.39, 0.29) is 0 Å². The average Bonchev–Trinajstić information content (AvgIpc) is 2.46. The lowest BCUT2D eigenvalue weighted by Crippen LogP contribution is -2.70. The van der Waals surface area contributed by atoms with Crippen LogP contribution in [-0.2, 0) is 0 Å². The van der Waals surface area contributed by atoms with Crippen molar-refractivity contribution in [2.24, 2.45) is 5.41 Å². The third-order valence-electron chi connectivity index (χ3n) is 6.22. The zero-order valence-electron chi connectivity index (χ0n) is 15.2.